The van der Waals surface area contributed by atoms with Crippen molar-refractivity contribution < 1.29 is 14.6 Å². The van der Waals surface area contributed by atoms with Gasteiger partial charge in [0.15, 0.2) is 0 Å². The van der Waals surface area contributed by atoms with Crippen LogP contribution in [0.4, 0.5) is 0 Å². The van der Waals surface area contributed by atoms with Crippen molar-refractivity contribution in [2.75, 3.05) is 6.61 Å². The number of hydrogen-bond donors (Lipinski definition) is 1. The third-order valence-corrected chi connectivity index (χ3v) is 4.21. The van der Waals surface area contributed by atoms with Gasteiger partial charge in [-0.3, -0.25) is 4.79 Å². The zero-order valence-corrected chi connectivity index (χ0v) is 10.4. The van der Waals surface area contributed by atoms with Crippen LogP contribution in [0.2, 0.25) is 0 Å². The van der Waals surface area contributed by atoms with Gasteiger partial charge in [-0.2, -0.15) is 0 Å². The summed E-state index contributed by atoms with van der Waals surface area (Å²) < 4.78 is 5.66. The molecule has 2 aliphatic carbocycles. The van der Waals surface area contributed by atoms with Gasteiger partial charge in [-0.1, -0.05) is 18.6 Å². The maximum Gasteiger partial charge on any atom is 0.314 e. The van der Waals surface area contributed by atoms with Gasteiger partial charge in [0.2, 0.25) is 0 Å². The second-order valence-corrected chi connectivity index (χ2v) is 5.52. The molecule has 1 aromatic rings. The quantitative estimate of drug-likeness (QED) is 0.868. The highest BCUT2D eigenvalue weighted by Crippen LogP contribution is 2.44. The van der Waals surface area contributed by atoms with Crippen molar-refractivity contribution in [3.05, 3.63) is 29.8 Å². The number of hydrogen-bond acceptors (Lipinski definition) is 2. The molecule has 2 fully saturated rings. The Morgan fingerprint density at radius 3 is 2.39 bits per heavy atom. The van der Waals surface area contributed by atoms with Crippen molar-refractivity contribution >= 4 is 5.97 Å². The van der Waals surface area contributed by atoms with Gasteiger partial charge in [0.05, 0.1) is 12.0 Å². The number of aliphatic carboxylic acids is 1. The van der Waals surface area contributed by atoms with Gasteiger partial charge in [-0.25, -0.2) is 0 Å². The van der Waals surface area contributed by atoms with Crippen molar-refractivity contribution in [3.63, 3.8) is 0 Å². The Labute approximate surface area is 107 Å². The minimum atomic E-state index is -0.694. The molecule has 0 unspecified atom stereocenters. The van der Waals surface area contributed by atoms with Gasteiger partial charge in [0, 0.05) is 0 Å². The van der Waals surface area contributed by atoms with E-state index in [2.05, 4.69) is 0 Å². The van der Waals surface area contributed by atoms with Gasteiger partial charge in [-0.15, -0.1) is 0 Å². The fraction of sp³-hybridized carbons (Fsp3) is 0.533. The minimum Gasteiger partial charge on any atom is -0.493 e. The highest BCUT2D eigenvalue weighted by Gasteiger charge is 2.45. The van der Waals surface area contributed by atoms with E-state index >= 15 is 0 Å². The molecule has 0 aliphatic heterocycles. The van der Waals surface area contributed by atoms with Crippen LogP contribution in [0, 0.1) is 5.92 Å². The van der Waals surface area contributed by atoms with Crippen LogP contribution in [0.25, 0.3) is 0 Å². The summed E-state index contributed by atoms with van der Waals surface area (Å²) >= 11 is 0. The van der Waals surface area contributed by atoms with E-state index in [-0.39, 0.29) is 0 Å². The Kier molecular flexibility index (Phi) is 2.77. The minimum absolute atomic E-state index is 0.630. The van der Waals surface area contributed by atoms with Crippen LogP contribution in [0.15, 0.2) is 24.3 Å². The van der Waals surface area contributed by atoms with Gasteiger partial charge in [-0.05, 0) is 49.3 Å². The normalized spacial score (nSPS) is 21.1. The lowest BCUT2D eigenvalue weighted by molar-refractivity contribution is -0.147. The molecule has 0 radical (unpaired) electrons. The number of benzene rings is 1. The van der Waals surface area contributed by atoms with E-state index in [0.29, 0.717) is 0 Å². The van der Waals surface area contributed by atoms with Crippen LogP contribution in [0.5, 0.6) is 5.75 Å². The van der Waals surface area contributed by atoms with Crippen LogP contribution >= 0.6 is 0 Å². The van der Waals surface area contributed by atoms with Crippen molar-refractivity contribution in [3.8, 4) is 5.75 Å². The van der Waals surface area contributed by atoms with Crippen molar-refractivity contribution in [1.29, 1.82) is 0 Å². The molecule has 3 nitrogen and oxygen atoms in total. The molecule has 96 valence electrons. The van der Waals surface area contributed by atoms with Crippen LogP contribution in [-0.4, -0.2) is 17.7 Å². The molecule has 18 heavy (non-hydrogen) atoms. The topological polar surface area (TPSA) is 46.5 Å². The fourth-order valence-corrected chi connectivity index (χ4v) is 2.53. The van der Waals surface area contributed by atoms with Gasteiger partial charge >= 0.3 is 5.97 Å². The SMILES string of the molecule is O=C(O)C1(c2ccc(OCC3CC3)cc2)CCC1. The lowest BCUT2D eigenvalue weighted by atomic mass is 9.64. The Morgan fingerprint density at radius 2 is 1.94 bits per heavy atom. The van der Waals surface area contributed by atoms with Crippen molar-refractivity contribution in [2.24, 2.45) is 5.92 Å². The van der Waals surface area contributed by atoms with Crippen LogP contribution < -0.4 is 4.74 Å². The molecule has 2 aliphatic rings. The largest absolute Gasteiger partial charge is 0.493 e. The summed E-state index contributed by atoms with van der Waals surface area (Å²) in [4.78, 5) is 11.4. The monoisotopic (exact) mass is 246 g/mol. The molecular weight excluding hydrogens is 228 g/mol. The molecule has 3 rings (SSSR count). The number of carbonyl (C=O) groups is 1. The predicted molar refractivity (Wildman–Crippen MR) is 67.8 cm³/mol. The maximum atomic E-state index is 11.4. The van der Waals surface area contributed by atoms with E-state index in [1.807, 2.05) is 24.3 Å². The summed E-state index contributed by atoms with van der Waals surface area (Å²) in [5, 5.41) is 9.36. The molecule has 1 N–H and O–H groups in total. The second kappa shape index (κ2) is 4.30. The third-order valence-electron chi connectivity index (χ3n) is 4.21. The molecular formula is C15H18O3. The van der Waals surface area contributed by atoms with Crippen LogP contribution in [0.1, 0.15) is 37.7 Å². The van der Waals surface area contributed by atoms with Crippen molar-refractivity contribution in [1.82, 2.24) is 0 Å². The molecule has 0 bridgehead atoms. The highest BCUT2D eigenvalue weighted by atomic mass is 16.5. The molecule has 0 amide bonds. The summed E-state index contributed by atoms with van der Waals surface area (Å²) in [6.07, 6.45) is 5.07. The zero-order chi connectivity index (χ0) is 12.6. The number of ether oxygens (including phenoxy) is 1. The maximum absolute atomic E-state index is 11.4. The van der Waals surface area contributed by atoms with E-state index in [1.165, 1.54) is 12.8 Å². The van der Waals surface area contributed by atoms with Crippen molar-refractivity contribution in [2.45, 2.75) is 37.5 Å². The predicted octanol–water partition coefficient (Wildman–Crippen LogP) is 2.98. The molecule has 2 saturated carbocycles. The first-order valence-corrected chi connectivity index (χ1v) is 6.67. The average Bonchev–Trinajstić information content (AvgIpc) is 3.10. The van der Waals surface area contributed by atoms with Gasteiger partial charge in [0.1, 0.15) is 5.75 Å². The number of rotatable bonds is 5. The first kappa shape index (κ1) is 11.6. The van der Waals surface area contributed by atoms with E-state index in [0.717, 1.165) is 43.1 Å². The van der Waals surface area contributed by atoms with Gasteiger partial charge in [0.25, 0.3) is 0 Å². The lowest BCUT2D eigenvalue weighted by Crippen LogP contribution is -2.42. The van der Waals surface area contributed by atoms with Crippen LogP contribution in [0.3, 0.4) is 0 Å². The molecule has 0 spiro atoms. The number of carboxylic acids is 1. The second-order valence-electron chi connectivity index (χ2n) is 5.52. The molecule has 1 aromatic carbocycles. The lowest BCUT2D eigenvalue weighted by Gasteiger charge is -2.38. The first-order valence-electron chi connectivity index (χ1n) is 6.67. The molecule has 3 heteroatoms. The summed E-state index contributed by atoms with van der Waals surface area (Å²) in [7, 11) is 0. The fourth-order valence-electron chi connectivity index (χ4n) is 2.53. The summed E-state index contributed by atoms with van der Waals surface area (Å²) in [6.45, 7) is 0.795. The van der Waals surface area contributed by atoms with E-state index < -0.39 is 11.4 Å². The first-order chi connectivity index (χ1) is 8.71. The Morgan fingerprint density at radius 1 is 1.28 bits per heavy atom. The third kappa shape index (κ3) is 1.98. The van der Waals surface area contributed by atoms with Gasteiger partial charge < -0.3 is 9.84 Å². The Bertz CT molecular complexity index is 441. The number of carboxylic acid groups (broad SMARTS) is 1. The molecule has 0 aromatic heterocycles. The van der Waals surface area contributed by atoms with E-state index in [9.17, 15) is 9.90 Å². The Hall–Kier alpha value is -1.51. The summed E-state index contributed by atoms with van der Waals surface area (Å²) in [6, 6.07) is 7.63. The smallest absolute Gasteiger partial charge is 0.314 e. The standard InChI is InChI=1S/C15H18O3/c16-14(17)15(8-1-9-15)12-4-6-13(7-5-12)18-10-11-2-3-11/h4-7,11H,1-3,8-10H2,(H,16,17). The molecule has 0 saturated heterocycles. The average molecular weight is 246 g/mol. The van der Waals surface area contributed by atoms with E-state index in [4.69, 9.17) is 4.74 Å². The van der Waals surface area contributed by atoms with E-state index in [1.54, 1.807) is 0 Å². The zero-order valence-electron chi connectivity index (χ0n) is 10.4. The summed E-state index contributed by atoms with van der Waals surface area (Å²) in [5.74, 6) is 0.896. The van der Waals surface area contributed by atoms with Crippen LogP contribution in [-0.2, 0) is 10.2 Å². The Balaban J connectivity index is 1.71. The molecule has 0 atom stereocenters. The molecule has 0 heterocycles. The highest BCUT2D eigenvalue weighted by molar-refractivity contribution is 5.82. The summed E-state index contributed by atoms with van der Waals surface area (Å²) in [5.41, 5.74) is 0.287.